The van der Waals surface area contributed by atoms with E-state index < -0.39 is 23.7 Å². The molecule has 342 valence electrons. The Morgan fingerprint density at radius 2 is 1.67 bits per heavy atom. The van der Waals surface area contributed by atoms with Crippen molar-refractivity contribution in [1.82, 2.24) is 40.2 Å². The summed E-state index contributed by atoms with van der Waals surface area (Å²) >= 11 is 0. The number of imide groups is 1. The van der Waals surface area contributed by atoms with Gasteiger partial charge in [-0.05, 0) is 83.8 Å². The molecule has 4 amide bonds. The Bertz CT molecular complexity index is 2980. The van der Waals surface area contributed by atoms with Crippen LogP contribution < -0.4 is 30.9 Å². The zero-order valence-electron chi connectivity index (χ0n) is 36.6. The zero-order valence-corrected chi connectivity index (χ0v) is 36.6. The highest BCUT2D eigenvalue weighted by Crippen LogP contribution is 2.53. The van der Waals surface area contributed by atoms with Crippen LogP contribution in [0.15, 0.2) is 85.2 Å². The van der Waals surface area contributed by atoms with Crippen LogP contribution in [0.2, 0.25) is 0 Å². The van der Waals surface area contributed by atoms with Gasteiger partial charge in [0.2, 0.25) is 11.8 Å². The van der Waals surface area contributed by atoms with Crippen molar-refractivity contribution >= 4 is 51.9 Å². The number of rotatable bonds is 11. The van der Waals surface area contributed by atoms with Crippen molar-refractivity contribution in [2.24, 2.45) is 17.8 Å². The summed E-state index contributed by atoms with van der Waals surface area (Å²) in [5, 5.41) is 10.6. The van der Waals surface area contributed by atoms with Crippen LogP contribution in [-0.4, -0.2) is 112 Å². The molecule has 1 unspecified atom stereocenters. The summed E-state index contributed by atoms with van der Waals surface area (Å²) in [7, 11) is 1.42. The minimum Gasteiger partial charge on any atom is -0.496 e. The maximum Gasteiger partial charge on any atom is 0.255 e. The molecule has 4 N–H and O–H groups in total. The molecule has 16 nitrogen and oxygen atoms in total. The molecule has 4 aliphatic heterocycles. The van der Waals surface area contributed by atoms with Crippen molar-refractivity contribution in [2.75, 3.05) is 68.5 Å². The second-order valence-electron chi connectivity index (χ2n) is 18.0. The third kappa shape index (κ3) is 7.73. The molecule has 5 aliphatic rings. The fourth-order valence-electron chi connectivity index (χ4n) is 10.5. The van der Waals surface area contributed by atoms with Crippen LogP contribution in [-0.2, 0) is 22.7 Å². The highest BCUT2D eigenvalue weighted by molar-refractivity contribution is 6.05. The van der Waals surface area contributed by atoms with Gasteiger partial charge in [-0.3, -0.25) is 29.4 Å². The predicted molar refractivity (Wildman–Crippen MR) is 244 cm³/mol. The van der Waals surface area contributed by atoms with Crippen molar-refractivity contribution in [3.8, 4) is 22.7 Å². The van der Waals surface area contributed by atoms with Crippen LogP contribution in [0.4, 0.5) is 26.0 Å². The average molecular weight is 908 g/mol. The van der Waals surface area contributed by atoms with Crippen molar-refractivity contribution in [1.29, 1.82) is 0 Å². The molecule has 2 aromatic heterocycles. The van der Waals surface area contributed by atoms with Crippen LogP contribution in [0.1, 0.15) is 44.7 Å². The van der Waals surface area contributed by atoms with Crippen LogP contribution >= 0.6 is 0 Å². The van der Waals surface area contributed by atoms with Gasteiger partial charge in [-0.15, -0.1) is 0 Å². The van der Waals surface area contributed by atoms with Gasteiger partial charge < -0.3 is 30.5 Å². The first-order chi connectivity index (χ1) is 32.5. The summed E-state index contributed by atoms with van der Waals surface area (Å²) in [5.41, 5.74) is 12.6. The second kappa shape index (κ2) is 16.8. The SMILES string of the molecule is COc1ccc(F)cc1C(=O)NCc1ccc(-c2nn(-c3ccc(N4CC5[C@@H](C4)[C@H]5CN4CCN(c5ccc6c(c5)CN([C@H]5CCC(=O)NC5=O)C6=O)CC4)c(F)c3)c3ncnc(N)c23)cc1. The van der Waals surface area contributed by atoms with E-state index >= 15 is 4.39 Å². The summed E-state index contributed by atoms with van der Waals surface area (Å²) in [6.45, 7) is 6.74. The topological polar surface area (TPSA) is 184 Å². The molecule has 0 bridgehead atoms. The van der Waals surface area contributed by atoms with Gasteiger partial charge in [0.05, 0.1) is 29.4 Å². The number of methoxy groups -OCH3 is 1. The maximum atomic E-state index is 16.1. The van der Waals surface area contributed by atoms with Gasteiger partial charge >= 0.3 is 0 Å². The van der Waals surface area contributed by atoms with Crippen molar-refractivity contribution in [2.45, 2.75) is 32.0 Å². The van der Waals surface area contributed by atoms with Gasteiger partial charge in [0.25, 0.3) is 11.8 Å². The number of hydrogen-bond acceptors (Lipinski definition) is 12. The van der Waals surface area contributed by atoms with E-state index in [1.165, 1.54) is 31.6 Å². The van der Waals surface area contributed by atoms with E-state index in [0.717, 1.165) is 74.3 Å². The monoisotopic (exact) mass is 907 g/mol. The number of nitrogens with two attached hydrogens (primary N) is 1. The van der Waals surface area contributed by atoms with Gasteiger partial charge in [0.15, 0.2) is 5.65 Å². The third-order valence-electron chi connectivity index (χ3n) is 14.2. The normalized spacial score (nSPS) is 21.4. The molecular weight excluding hydrogens is 861 g/mol. The molecule has 6 heterocycles. The molecule has 6 aromatic rings. The first-order valence-corrected chi connectivity index (χ1v) is 22.5. The minimum atomic E-state index is -0.628. The summed E-state index contributed by atoms with van der Waals surface area (Å²) < 4.78 is 36.8. The molecule has 1 aliphatic carbocycles. The molecule has 18 heteroatoms. The average Bonchev–Trinajstić information content (AvgIpc) is 3.66. The molecule has 1 saturated carbocycles. The quantitative estimate of drug-likeness (QED) is 0.155. The number of aromatic nitrogens is 4. The Morgan fingerprint density at radius 1 is 0.896 bits per heavy atom. The highest BCUT2D eigenvalue weighted by atomic mass is 19.1. The van der Waals surface area contributed by atoms with Crippen LogP contribution in [0.25, 0.3) is 28.0 Å². The first kappa shape index (κ1) is 42.2. The van der Waals surface area contributed by atoms with Gasteiger partial charge in [-0.2, -0.15) is 5.10 Å². The molecule has 0 spiro atoms. The number of fused-ring (bicyclic) bond motifs is 3. The molecule has 3 saturated heterocycles. The number of halogens is 2. The Kier molecular flexibility index (Phi) is 10.5. The summed E-state index contributed by atoms with van der Waals surface area (Å²) in [6, 6.07) is 21.6. The number of hydrogen-bond donors (Lipinski definition) is 3. The molecule has 4 aromatic carbocycles. The van der Waals surface area contributed by atoms with Gasteiger partial charge in [0.1, 0.15) is 41.3 Å². The van der Waals surface area contributed by atoms with E-state index in [4.69, 9.17) is 15.6 Å². The predicted octanol–water partition coefficient (Wildman–Crippen LogP) is 4.55. The van der Waals surface area contributed by atoms with Crippen LogP contribution in [0.3, 0.4) is 0 Å². The summed E-state index contributed by atoms with van der Waals surface area (Å²) in [5.74, 6) is -0.127. The van der Waals surface area contributed by atoms with E-state index in [0.29, 0.717) is 64.4 Å². The fraction of sp³-hybridized carbons (Fsp3) is 0.327. The van der Waals surface area contributed by atoms with E-state index in [2.05, 4.69) is 41.4 Å². The number of nitrogen functional groups attached to an aromatic ring is 1. The molecule has 4 atom stereocenters. The number of anilines is 3. The number of ether oxygens (including phenoxy) is 1. The van der Waals surface area contributed by atoms with Crippen molar-refractivity contribution < 1.29 is 32.7 Å². The van der Waals surface area contributed by atoms with E-state index in [-0.39, 0.29) is 47.7 Å². The molecule has 4 fully saturated rings. The number of amides is 4. The fourth-order valence-corrected chi connectivity index (χ4v) is 10.5. The lowest BCUT2D eigenvalue weighted by atomic mass is 10.0. The second-order valence-corrected chi connectivity index (χ2v) is 18.0. The largest absolute Gasteiger partial charge is 0.496 e. The van der Waals surface area contributed by atoms with Crippen LogP contribution in [0, 0.1) is 29.4 Å². The zero-order chi connectivity index (χ0) is 46.1. The van der Waals surface area contributed by atoms with Gasteiger partial charge in [0, 0.05) is 88.2 Å². The van der Waals surface area contributed by atoms with Crippen LogP contribution in [0.5, 0.6) is 5.75 Å². The molecule has 11 rings (SSSR count). The lowest BCUT2D eigenvalue weighted by molar-refractivity contribution is -0.136. The number of carbonyl (C=O) groups is 4. The molecule has 0 radical (unpaired) electrons. The standard InChI is InChI=1S/C49H47F2N11O5/c1-67-41-12-6-30(50)19-34(41)47(64)53-21-27-2-4-28(5-3-27)44-43-45(52)54-26-55-46(43)62(57-44)32-8-10-39(38(51)20-32)60-24-36-35(37(36)25-60)23-58-14-16-59(17-15-58)31-7-9-33-29(18-31)22-61(49(33)66)40-11-13-42(63)56-48(40)65/h2-10,12,18-20,26,35-37,40H,11,13-17,21-25H2,1H3,(H,53,64)(H2,52,54,55)(H,56,63,65)/t35-,36+,37?,40+/m1/s1. The lowest BCUT2D eigenvalue weighted by Gasteiger charge is -2.37. The Labute approximate surface area is 383 Å². The number of nitrogens with zero attached hydrogens (tertiary/aromatic N) is 8. The van der Waals surface area contributed by atoms with Gasteiger partial charge in [-0.1, -0.05) is 24.3 Å². The summed E-state index contributed by atoms with van der Waals surface area (Å²) in [6.07, 6.45) is 1.93. The van der Waals surface area contributed by atoms with E-state index in [1.54, 1.807) is 9.58 Å². The number of benzene rings is 4. The Balaban J connectivity index is 0.698. The minimum absolute atomic E-state index is 0.0974. The Morgan fingerprint density at radius 3 is 2.42 bits per heavy atom. The van der Waals surface area contributed by atoms with E-state index in [9.17, 15) is 23.6 Å². The molecule has 67 heavy (non-hydrogen) atoms. The lowest BCUT2D eigenvalue weighted by Crippen LogP contribution is -2.52. The maximum absolute atomic E-state index is 16.1. The third-order valence-corrected chi connectivity index (χ3v) is 14.2. The number of nitrogens with one attached hydrogen (secondary N) is 2. The first-order valence-electron chi connectivity index (χ1n) is 22.5. The van der Waals surface area contributed by atoms with Gasteiger partial charge in [-0.25, -0.2) is 23.4 Å². The smallest absolute Gasteiger partial charge is 0.255 e. The highest BCUT2D eigenvalue weighted by Gasteiger charge is 2.56. The number of piperidine rings is 2. The van der Waals surface area contributed by atoms with E-state index in [1.807, 2.05) is 48.5 Å². The summed E-state index contributed by atoms with van der Waals surface area (Å²) in [4.78, 5) is 67.5. The van der Waals surface area contributed by atoms with Crippen molar-refractivity contribution in [3.63, 3.8) is 0 Å². The van der Waals surface area contributed by atoms with Crippen molar-refractivity contribution in [3.05, 3.63) is 119 Å². The number of carbonyl (C=O) groups excluding carboxylic acids is 4. The number of piperazine rings is 1. The Hall–Kier alpha value is -7.47. The molecular formula is C49H47F2N11O5.